The van der Waals surface area contributed by atoms with Crippen LogP contribution in [0.3, 0.4) is 0 Å². The summed E-state index contributed by atoms with van der Waals surface area (Å²) in [5, 5.41) is 13.3. The molecule has 2 rings (SSSR count). The number of methoxy groups -OCH3 is 1. The van der Waals surface area contributed by atoms with E-state index in [2.05, 4.69) is 10.1 Å². The lowest BCUT2D eigenvalue weighted by molar-refractivity contribution is -0.384. The molecule has 1 unspecified atom stereocenters. The first-order valence-corrected chi connectivity index (χ1v) is 7.38. The van der Waals surface area contributed by atoms with Gasteiger partial charge in [-0.1, -0.05) is 11.6 Å². The highest BCUT2D eigenvalue weighted by Crippen LogP contribution is 2.28. The van der Waals surface area contributed by atoms with E-state index >= 15 is 0 Å². The van der Waals surface area contributed by atoms with Gasteiger partial charge < -0.3 is 15.0 Å². The molecule has 1 fully saturated rings. The van der Waals surface area contributed by atoms with Gasteiger partial charge >= 0.3 is 6.09 Å². The number of hydrogen-bond donors (Lipinski definition) is 1. The summed E-state index contributed by atoms with van der Waals surface area (Å²) in [6, 6.07) is 3.99. The fourth-order valence-corrected chi connectivity index (χ4v) is 2.71. The van der Waals surface area contributed by atoms with E-state index in [1.807, 2.05) is 0 Å². The molecule has 1 atom stereocenters. The van der Waals surface area contributed by atoms with Crippen molar-refractivity contribution < 1.29 is 19.2 Å². The van der Waals surface area contributed by atoms with E-state index in [1.54, 1.807) is 0 Å². The van der Waals surface area contributed by atoms with Crippen LogP contribution in [0.2, 0.25) is 5.02 Å². The van der Waals surface area contributed by atoms with E-state index < -0.39 is 11.0 Å². The van der Waals surface area contributed by atoms with Crippen LogP contribution in [0.25, 0.3) is 0 Å². The van der Waals surface area contributed by atoms with Crippen LogP contribution in [-0.2, 0) is 9.53 Å². The van der Waals surface area contributed by atoms with Gasteiger partial charge in [-0.25, -0.2) is 4.79 Å². The van der Waals surface area contributed by atoms with Gasteiger partial charge in [-0.15, -0.1) is 0 Å². The Bertz CT molecular complexity index is 637. The Labute approximate surface area is 137 Å². The summed E-state index contributed by atoms with van der Waals surface area (Å²) in [6.45, 7) is 0.832. The van der Waals surface area contributed by atoms with Gasteiger partial charge in [0, 0.05) is 24.8 Å². The van der Waals surface area contributed by atoms with Crippen LogP contribution in [0.15, 0.2) is 18.2 Å². The minimum atomic E-state index is -0.594. The molecule has 1 heterocycles. The SMILES string of the molecule is COC(=O)N1CCCC(C(=O)Nc2ccc([N+](=O)[O-])c(Cl)c2)C1. The molecule has 1 N–H and O–H groups in total. The van der Waals surface area contributed by atoms with E-state index in [-0.39, 0.29) is 29.1 Å². The maximum atomic E-state index is 12.3. The number of likely N-dealkylation sites (tertiary alicyclic amines) is 1. The monoisotopic (exact) mass is 341 g/mol. The summed E-state index contributed by atoms with van der Waals surface area (Å²) in [6.07, 6.45) is 0.898. The largest absolute Gasteiger partial charge is 0.453 e. The zero-order valence-electron chi connectivity index (χ0n) is 12.5. The molecule has 0 aliphatic carbocycles. The van der Waals surface area contributed by atoms with Crippen LogP contribution in [0.4, 0.5) is 16.2 Å². The van der Waals surface area contributed by atoms with Crippen molar-refractivity contribution in [3.8, 4) is 0 Å². The third-order valence-corrected chi connectivity index (χ3v) is 3.94. The van der Waals surface area contributed by atoms with Crippen molar-refractivity contribution in [3.63, 3.8) is 0 Å². The second-order valence-electron chi connectivity index (χ2n) is 5.17. The van der Waals surface area contributed by atoms with Gasteiger partial charge in [0.1, 0.15) is 5.02 Å². The number of nitrogens with zero attached hydrogens (tertiary/aromatic N) is 2. The number of rotatable bonds is 3. The number of piperidine rings is 1. The minimum Gasteiger partial charge on any atom is -0.453 e. The third-order valence-electron chi connectivity index (χ3n) is 3.64. The summed E-state index contributed by atoms with van der Waals surface area (Å²) in [4.78, 5) is 35.4. The average Bonchev–Trinajstić information content (AvgIpc) is 2.54. The Kier molecular flexibility index (Phi) is 5.38. The Morgan fingerprint density at radius 1 is 1.48 bits per heavy atom. The molecule has 23 heavy (non-hydrogen) atoms. The number of hydrogen-bond acceptors (Lipinski definition) is 5. The Balaban J connectivity index is 2.02. The van der Waals surface area contributed by atoms with E-state index in [0.29, 0.717) is 25.1 Å². The molecule has 8 nitrogen and oxygen atoms in total. The Morgan fingerprint density at radius 2 is 2.22 bits per heavy atom. The topological polar surface area (TPSA) is 102 Å². The van der Waals surface area contributed by atoms with Gasteiger partial charge in [0.15, 0.2) is 0 Å². The summed E-state index contributed by atoms with van der Waals surface area (Å²) < 4.78 is 4.66. The summed E-state index contributed by atoms with van der Waals surface area (Å²) in [7, 11) is 1.30. The van der Waals surface area contributed by atoms with Gasteiger partial charge in [-0.05, 0) is 25.0 Å². The zero-order chi connectivity index (χ0) is 17.0. The molecule has 0 bridgehead atoms. The molecule has 0 aromatic heterocycles. The number of nitrogens with one attached hydrogen (secondary N) is 1. The molecule has 1 aliphatic rings. The number of nitro benzene ring substituents is 1. The molecule has 1 aliphatic heterocycles. The van der Waals surface area contributed by atoms with Gasteiger partial charge in [-0.2, -0.15) is 0 Å². The van der Waals surface area contributed by atoms with Crippen LogP contribution in [-0.4, -0.2) is 42.0 Å². The first-order valence-electron chi connectivity index (χ1n) is 7.00. The fourth-order valence-electron chi connectivity index (χ4n) is 2.46. The highest BCUT2D eigenvalue weighted by molar-refractivity contribution is 6.33. The number of nitro groups is 1. The number of benzene rings is 1. The Hall–Kier alpha value is -2.35. The van der Waals surface area contributed by atoms with Crippen LogP contribution in [0.5, 0.6) is 0 Å². The fraction of sp³-hybridized carbons (Fsp3) is 0.429. The first-order chi connectivity index (χ1) is 10.9. The molecule has 124 valence electrons. The molecular formula is C14H16ClN3O5. The standard InChI is InChI=1S/C14H16ClN3O5/c1-23-14(20)17-6-2-3-9(8-17)13(19)16-10-4-5-12(18(21)22)11(15)7-10/h4-5,7,9H,2-3,6,8H2,1H3,(H,16,19). The number of carbonyl (C=O) groups is 2. The maximum absolute atomic E-state index is 12.3. The van der Waals surface area contributed by atoms with Gasteiger partial charge in [-0.3, -0.25) is 14.9 Å². The first kappa shape index (κ1) is 17.0. The lowest BCUT2D eigenvalue weighted by Crippen LogP contribution is -2.43. The van der Waals surface area contributed by atoms with E-state index in [0.717, 1.165) is 0 Å². The molecule has 1 saturated heterocycles. The molecule has 1 aromatic rings. The molecule has 0 spiro atoms. The van der Waals surface area contributed by atoms with E-state index in [1.165, 1.54) is 30.2 Å². The Morgan fingerprint density at radius 3 is 2.83 bits per heavy atom. The molecule has 2 amide bonds. The summed E-state index contributed by atoms with van der Waals surface area (Å²) >= 11 is 5.81. The van der Waals surface area contributed by atoms with Crippen molar-refractivity contribution in [1.29, 1.82) is 0 Å². The van der Waals surface area contributed by atoms with Crippen molar-refractivity contribution in [1.82, 2.24) is 4.90 Å². The zero-order valence-corrected chi connectivity index (χ0v) is 13.2. The molecule has 1 aromatic carbocycles. The average molecular weight is 342 g/mol. The van der Waals surface area contributed by atoms with E-state index in [9.17, 15) is 19.7 Å². The normalized spacial score (nSPS) is 17.5. The van der Waals surface area contributed by atoms with Gasteiger partial charge in [0.25, 0.3) is 5.69 Å². The van der Waals surface area contributed by atoms with E-state index in [4.69, 9.17) is 11.6 Å². The number of carbonyl (C=O) groups excluding carboxylic acids is 2. The van der Waals surface area contributed by atoms with Crippen molar-refractivity contribution in [2.24, 2.45) is 5.92 Å². The van der Waals surface area contributed by atoms with Crippen LogP contribution in [0.1, 0.15) is 12.8 Å². The van der Waals surface area contributed by atoms with Crippen molar-refractivity contribution in [2.75, 3.05) is 25.5 Å². The third kappa shape index (κ3) is 4.10. The van der Waals surface area contributed by atoms with Crippen molar-refractivity contribution >= 4 is 35.0 Å². The van der Waals surface area contributed by atoms with Gasteiger partial charge in [0.2, 0.25) is 5.91 Å². The van der Waals surface area contributed by atoms with Crippen LogP contribution in [0, 0.1) is 16.0 Å². The van der Waals surface area contributed by atoms with Gasteiger partial charge in [0.05, 0.1) is 18.0 Å². The summed E-state index contributed by atoms with van der Waals surface area (Å²) in [5.41, 5.74) is 0.153. The number of amides is 2. The van der Waals surface area contributed by atoms with Crippen molar-refractivity contribution in [2.45, 2.75) is 12.8 Å². The summed E-state index contributed by atoms with van der Waals surface area (Å²) in [5.74, 6) is -0.625. The molecule has 0 radical (unpaired) electrons. The highest BCUT2D eigenvalue weighted by Gasteiger charge is 2.29. The molecule has 0 saturated carbocycles. The van der Waals surface area contributed by atoms with Crippen molar-refractivity contribution in [3.05, 3.63) is 33.3 Å². The second-order valence-corrected chi connectivity index (χ2v) is 5.57. The molecule has 9 heteroatoms. The minimum absolute atomic E-state index is 0.0485. The lowest BCUT2D eigenvalue weighted by atomic mass is 9.97. The maximum Gasteiger partial charge on any atom is 0.409 e. The second kappa shape index (κ2) is 7.28. The van der Waals surface area contributed by atoms with Crippen LogP contribution < -0.4 is 5.32 Å². The number of halogens is 1. The highest BCUT2D eigenvalue weighted by atomic mass is 35.5. The lowest BCUT2D eigenvalue weighted by Gasteiger charge is -2.30. The van der Waals surface area contributed by atoms with Crippen LogP contribution >= 0.6 is 11.6 Å². The quantitative estimate of drug-likeness (QED) is 0.672. The smallest absolute Gasteiger partial charge is 0.409 e. The predicted octanol–water partition coefficient (Wildman–Crippen LogP) is 2.67. The predicted molar refractivity (Wildman–Crippen MR) is 83.4 cm³/mol. The number of anilines is 1. The number of ether oxygens (including phenoxy) is 1. The molecular weight excluding hydrogens is 326 g/mol.